The first-order valence-corrected chi connectivity index (χ1v) is 13.6. The summed E-state index contributed by atoms with van der Waals surface area (Å²) < 4.78 is 30.2. The topological polar surface area (TPSA) is 123 Å². The molecule has 10 nitrogen and oxygen atoms in total. The van der Waals surface area contributed by atoms with Gasteiger partial charge in [-0.3, -0.25) is 9.59 Å². The Morgan fingerprint density at radius 1 is 1.25 bits per heavy atom. The second-order valence-corrected chi connectivity index (χ2v) is 12.0. The predicted molar refractivity (Wildman–Crippen MR) is 143 cm³/mol. The molecule has 2 aromatic rings. The number of benzene rings is 1. The first-order chi connectivity index (χ1) is 18.9. The number of carbonyl (C=O) groups excluding carboxylic acids is 3. The van der Waals surface area contributed by atoms with Gasteiger partial charge in [0.2, 0.25) is 11.7 Å². The van der Waals surface area contributed by atoms with Crippen LogP contribution in [0, 0.1) is 11.7 Å². The molecule has 1 aromatic heterocycles. The van der Waals surface area contributed by atoms with Crippen LogP contribution in [0.2, 0.25) is 5.02 Å². The second kappa shape index (κ2) is 10.8. The SMILES string of the molecule is CC(C)(C)OC(=O)N1CCC=C(c2ncc(C(=O)NC3CC4(NC(=O)COc5ccc(Cl)c(F)c5)CC3C4)o2)C1. The molecule has 6 rings (SSSR count). The molecule has 12 heteroatoms. The first kappa shape index (κ1) is 27.9. The average Bonchev–Trinajstić information content (AvgIpc) is 3.57. The average molecular weight is 575 g/mol. The van der Waals surface area contributed by atoms with E-state index in [1.165, 1.54) is 18.3 Å². The Hall–Kier alpha value is -3.60. The summed E-state index contributed by atoms with van der Waals surface area (Å²) in [5, 5.41) is 6.00. The summed E-state index contributed by atoms with van der Waals surface area (Å²) in [6, 6.07) is 3.87. The van der Waals surface area contributed by atoms with E-state index in [0.29, 0.717) is 30.9 Å². The number of carbonyl (C=O) groups is 3. The number of halogens is 2. The van der Waals surface area contributed by atoms with Crippen LogP contribution in [-0.4, -0.2) is 64.7 Å². The Kier molecular flexibility index (Phi) is 7.52. The molecule has 0 saturated heterocycles. The fourth-order valence-corrected chi connectivity index (χ4v) is 5.62. The highest BCUT2D eigenvalue weighted by molar-refractivity contribution is 6.30. The highest BCUT2D eigenvalue weighted by Crippen LogP contribution is 2.52. The quantitative estimate of drug-likeness (QED) is 0.504. The molecule has 214 valence electrons. The Bertz CT molecular complexity index is 1350. The lowest BCUT2D eigenvalue weighted by atomic mass is 9.76. The minimum absolute atomic E-state index is 0.0206. The molecular formula is C28H32ClFN4O6. The monoisotopic (exact) mass is 574 g/mol. The van der Waals surface area contributed by atoms with Crippen molar-refractivity contribution in [1.82, 2.24) is 20.5 Å². The molecule has 1 atom stereocenters. The van der Waals surface area contributed by atoms with E-state index in [0.717, 1.165) is 18.9 Å². The van der Waals surface area contributed by atoms with Crippen LogP contribution in [0.3, 0.4) is 0 Å². The van der Waals surface area contributed by atoms with Gasteiger partial charge in [0.25, 0.3) is 11.8 Å². The number of hydrogen-bond donors (Lipinski definition) is 2. The number of oxazole rings is 1. The third-order valence-corrected chi connectivity index (χ3v) is 7.58. The molecule has 3 fully saturated rings. The number of amides is 3. The van der Waals surface area contributed by atoms with Crippen molar-refractivity contribution >= 4 is 35.1 Å². The summed E-state index contributed by atoms with van der Waals surface area (Å²) in [6.45, 7) is 5.99. The summed E-state index contributed by atoms with van der Waals surface area (Å²) in [7, 11) is 0. The predicted octanol–water partition coefficient (Wildman–Crippen LogP) is 4.34. The molecule has 3 saturated carbocycles. The number of aromatic nitrogens is 1. The Morgan fingerprint density at radius 3 is 2.75 bits per heavy atom. The van der Waals surface area contributed by atoms with Crippen LogP contribution in [0.5, 0.6) is 5.75 Å². The zero-order valence-electron chi connectivity index (χ0n) is 22.6. The van der Waals surface area contributed by atoms with Crippen LogP contribution in [0.4, 0.5) is 9.18 Å². The largest absolute Gasteiger partial charge is 0.484 e. The molecule has 1 aromatic carbocycles. The maximum atomic E-state index is 13.6. The van der Waals surface area contributed by atoms with Gasteiger partial charge in [0.15, 0.2) is 6.61 Å². The van der Waals surface area contributed by atoms with Crippen molar-refractivity contribution < 1.29 is 32.7 Å². The number of nitrogens with zero attached hydrogens (tertiary/aromatic N) is 2. The van der Waals surface area contributed by atoms with Crippen LogP contribution in [0.1, 0.15) is 62.9 Å². The van der Waals surface area contributed by atoms with Crippen molar-refractivity contribution in [3.8, 4) is 5.75 Å². The molecular weight excluding hydrogens is 543 g/mol. The first-order valence-electron chi connectivity index (χ1n) is 13.2. The number of ether oxygens (including phenoxy) is 2. The molecule has 2 heterocycles. The number of rotatable bonds is 7. The van der Waals surface area contributed by atoms with Gasteiger partial charge in [-0.1, -0.05) is 17.7 Å². The summed E-state index contributed by atoms with van der Waals surface area (Å²) in [4.78, 5) is 43.7. The molecule has 2 bridgehead atoms. The van der Waals surface area contributed by atoms with Crippen LogP contribution < -0.4 is 15.4 Å². The zero-order valence-corrected chi connectivity index (χ0v) is 23.3. The van der Waals surface area contributed by atoms with Gasteiger partial charge in [0.1, 0.15) is 17.2 Å². The van der Waals surface area contributed by atoms with Gasteiger partial charge in [-0.05, 0) is 64.5 Å². The van der Waals surface area contributed by atoms with Crippen LogP contribution in [-0.2, 0) is 9.53 Å². The van der Waals surface area contributed by atoms with Gasteiger partial charge < -0.3 is 29.4 Å². The van der Waals surface area contributed by atoms with Crippen LogP contribution in [0.15, 0.2) is 34.9 Å². The Labute approximate surface area is 236 Å². The lowest BCUT2D eigenvalue weighted by Crippen LogP contribution is -2.53. The normalized spacial score (nSPS) is 23.6. The molecule has 1 unspecified atom stereocenters. The highest BCUT2D eigenvalue weighted by Gasteiger charge is 2.57. The van der Waals surface area contributed by atoms with Gasteiger partial charge in [-0.15, -0.1) is 0 Å². The van der Waals surface area contributed by atoms with E-state index >= 15 is 0 Å². The molecule has 0 radical (unpaired) electrons. The summed E-state index contributed by atoms with van der Waals surface area (Å²) in [6.07, 6.45) is 5.61. The lowest BCUT2D eigenvalue weighted by Gasteiger charge is -2.39. The minimum Gasteiger partial charge on any atom is -0.484 e. The van der Waals surface area contributed by atoms with Crippen molar-refractivity contribution in [1.29, 1.82) is 0 Å². The maximum Gasteiger partial charge on any atom is 0.410 e. The number of hydrogen-bond acceptors (Lipinski definition) is 7. The third-order valence-electron chi connectivity index (χ3n) is 7.27. The zero-order chi connectivity index (χ0) is 28.7. The van der Waals surface area contributed by atoms with E-state index in [2.05, 4.69) is 15.6 Å². The van der Waals surface area contributed by atoms with E-state index < -0.39 is 23.1 Å². The van der Waals surface area contributed by atoms with E-state index in [9.17, 15) is 18.8 Å². The van der Waals surface area contributed by atoms with Gasteiger partial charge in [0.05, 0.1) is 17.8 Å². The molecule has 4 aliphatic rings. The molecule has 3 amide bonds. The molecule has 40 heavy (non-hydrogen) atoms. The molecule has 2 N–H and O–H groups in total. The van der Waals surface area contributed by atoms with Gasteiger partial charge in [-0.25, -0.2) is 14.2 Å². The van der Waals surface area contributed by atoms with E-state index in [4.69, 9.17) is 25.5 Å². The summed E-state index contributed by atoms with van der Waals surface area (Å²) >= 11 is 5.67. The third kappa shape index (κ3) is 6.24. The summed E-state index contributed by atoms with van der Waals surface area (Å²) in [5.41, 5.74) is -0.288. The second-order valence-electron chi connectivity index (χ2n) is 11.6. The van der Waals surface area contributed by atoms with Gasteiger partial charge >= 0.3 is 6.09 Å². The number of nitrogens with one attached hydrogen (secondary N) is 2. The maximum absolute atomic E-state index is 13.6. The Morgan fingerprint density at radius 2 is 2.02 bits per heavy atom. The van der Waals surface area contributed by atoms with Crippen LogP contribution in [0.25, 0.3) is 5.57 Å². The van der Waals surface area contributed by atoms with Crippen molar-refractivity contribution in [3.63, 3.8) is 0 Å². The van der Waals surface area contributed by atoms with Gasteiger partial charge in [0, 0.05) is 29.8 Å². The summed E-state index contributed by atoms with van der Waals surface area (Å²) in [5.74, 6) is -0.499. The van der Waals surface area contributed by atoms with Crippen molar-refractivity contribution in [3.05, 3.63) is 53.0 Å². The lowest BCUT2D eigenvalue weighted by molar-refractivity contribution is -0.125. The minimum atomic E-state index is -0.619. The molecule has 0 spiro atoms. The van der Waals surface area contributed by atoms with Gasteiger partial charge in [-0.2, -0.15) is 0 Å². The standard InChI is InChI=1S/C28H32ClFN4O6/c1-27(2,3)40-26(37)34-8-4-5-16(14-34)25-31-13-22(39-25)24(36)32-21-12-28(10-17(21)11-28)33-23(35)15-38-18-6-7-19(29)20(30)9-18/h5-7,9,13,17,21H,4,8,10-12,14-15H2,1-3H3,(H,32,36)(H,33,35). The van der Waals surface area contributed by atoms with Crippen molar-refractivity contribution in [2.24, 2.45) is 5.92 Å². The van der Waals surface area contributed by atoms with Crippen molar-refractivity contribution in [2.75, 3.05) is 19.7 Å². The van der Waals surface area contributed by atoms with Crippen molar-refractivity contribution in [2.45, 2.75) is 63.6 Å². The molecule has 3 aliphatic carbocycles. The highest BCUT2D eigenvalue weighted by atomic mass is 35.5. The molecule has 1 aliphatic heterocycles. The van der Waals surface area contributed by atoms with Crippen LogP contribution >= 0.6 is 11.6 Å². The number of fused-ring (bicyclic) bond motifs is 1. The van der Waals surface area contributed by atoms with E-state index in [1.807, 2.05) is 26.8 Å². The fraction of sp³-hybridized carbons (Fsp3) is 0.500. The Balaban J connectivity index is 1.11. The fourth-order valence-electron chi connectivity index (χ4n) is 5.50. The smallest absolute Gasteiger partial charge is 0.410 e. The van der Waals surface area contributed by atoms with E-state index in [1.54, 1.807) is 4.90 Å². The van der Waals surface area contributed by atoms with E-state index in [-0.39, 0.29) is 53.5 Å².